The smallest absolute Gasteiger partial charge is 0.232 e. The fourth-order valence-corrected chi connectivity index (χ4v) is 6.74. The predicted molar refractivity (Wildman–Crippen MR) is 210 cm³/mol. The van der Waals surface area contributed by atoms with Crippen LogP contribution >= 0.6 is 0 Å². The van der Waals surface area contributed by atoms with Crippen LogP contribution in [-0.2, 0) is 14.3 Å². The van der Waals surface area contributed by atoms with E-state index in [0.717, 1.165) is 37.0 Å². The molecule has 0 spiro atoms. The van der Waals surface area contributed by atoms with Crippen LogP contribution in [0.25, 0.3) is 0 Å². The minimum Gasteiger partial charge on any atom is -0.392 e. The number of hydrogen-bond acceptors (Lipinski definition) is 8. The maximum atomic E-state index is 13.9. The van der Waals surface area contributed by atoms with Gasteiger partial charge in [0.2, 0.25) is 11.8 Å². The summed E-state index contributed by atoms with van der Waals surface area (Å²) in [6.45, 7) is 13.2. The third-order valence-electron chi connectivity index (χ3n) is 10.1. The van der Waals surface area contributed by atoms with Gasteiger partial charge in [-0.25, -0.2) is 0 Å². The third-order valence-corrected chi connectivity index (χ3v) is 10.1. The molecule has 0 aromatic carbocycles. The maximum absolute atomic E-state index is 13.9. The van der Waals surface area contributed by atoms with E-state index in [-0.39, 0.29) is 19.4 Å². The Morgan fingerprint density at radius 3 is 1.69 bits per heavy atom. The fourth-order valence-electron chi connectivity index (χ4n) is 6.74. The summed E-state index contributed by atoms with van der Waals surface area (Å²) in [6.07, 6.45) is 26.3. The number of amides is 2. The standard InChI is InChI=1S/C43H71NO8/c1-9-11-12-13-14-15-16-17-18-19-20-21-22-23-24-25-26-27-28-29-37(45)44-35(6)40(48)43(8,51)36(10-2)52-31-33(4)38(46)34(5)39(47)42(7,50)30-32(3)41(44)49/h11-12,14-15,17-18,20-21,23-24,26-27,32-36,38-40,46-48,50-51H,9-10,13,16,19,22,25,28-31H2,1-8H3/t32-,33-,34+,35-,36-,38+,39-,40-,42-,43-/m1/s1. The average molecular weight is 730 g/mol. The van der Waals surface area contributed by atoms with Crippen molar-refractivity contribution in [2.24, 2.45) is 17.8 Å². The first-order valence-corrected chi connectivity index (χ1v) is 19.4. The summed E-state index contributed by atoms with van der Waals surface area (Å²) in [7, 11) is 0. The van der Waals surface area contributed by atoms with Gasteiger partial charge in [0.25, 0.3) is 0 Å². The highest BCUT2D eigenvalue weighted by Gasteiger charge is 2.48. The Morgan fingerprint density at radius 1 is 0.769 bits per heavy atom. The van der Waals surface area contributed by atoms with Crippen molar-refractivity contribution in [2.75, 3.05) is 6.61 Å². The molecular weight excluding hydrogens is 658 g/mol. The Balaban J connectivity index is 2.92. The number of aliphatic hydroxyl groups excluding tert-OH is 3. The molecular formula is C43H71NO8. The van der Waals surface area contributed by atoms with E-state index in [0.29, 0.717) is 19.3 Å². The molecule has 0 aliphatic carbocycles. The van der Waals surface area contributed by atoms with Crippen LogP contribution in [0.1, 0.15) is 120 Å². The molecule has 1 aliphatic rings. The van der Waals surface area contributed by atoms with Crippen molar-refractivity contribution >= 4 is 11.8 Å². The number of imide groups is 1. The van der Waals surface area contributed by atoms with Crippen LogP contribution in [0.2, 0.25) is 0 Å². The molecule has 9 nitrogen and oxygen atoms in total. The molecule has 1 aliphatic heterocycles. The van der Waals surface area contributed by atoms with Crippen molar-refractivity contribution < 1.29 is 39.9 Å². The number of aliphatic hydroxyl groups is 5. The summed E-state index contributed by atoms with van der Waals surface area (Å²) < 4.78 is 6.01. The van der Waals surface area contributed by atoms with E-state index in [1.165, 1.54) is 20.8 Å². The first-order chi connectivity index (χ1) is 24.5. The molecule has 52 heavy (non-hydrogen) atoms. The molecule has 1 heterocycles. The summed E-state index contributed by atoms with van der Waals surface area (Å²) in [5, 5.41) is 56.4. The Bertz CT molecular complexity index is 1220. The number of allylic oxidation sites excluding steroid dienone is 12. The zero-order valence-electron chi connectivity index (χ0n) is 33.2. The second-order valence-corrected chi connectivity index (χ2v) is 14.9. The van der Waals surface area contributed by atoms with Gasteiger partial charge in [-0.1, -0.05) is 108 Å². The lowest BCUT2D eigenvalue weighted by atomic mass is 9.78. The van der Waals surface area contributed by atoms with Gasteiger partial charge in [-0.15, -0.1) is 0 Å². The van der Waals surface area contributed by atoms with E-state index in [4.69, 9.17) is 4.74 Å². The van der Waals surface area contributed by atoms with Gasteiger partial charge in [-0.3, -0.25) is 14.5 Å². The van der Waals surface area contributed by atoms with Crippen LogP contribution in [0.3, 0.4) is 0 Å². The number of carbonyl (C=O) groups excluding carboxylic acids is 2. The molecule has 1 fully saturated rings. The highest BCUT2D eigenvalue weighted by atomic mass is 16.5. The Labute approximate surface area is 314 Å². The van der Waals surface area contributed by atoms with Crippen molar-refractivity contribution in [1.82, 2.24) is 4.90 Å². The molecule has 0 aromatic heterocycles. The summed E-state index contributed by atoms with van der Waals surface area (Å²) >= 11 is 0. The van der Waals surface area contributed by atoms with Crippen molar-refractivity contribution in [1.29, 1.82) is 0 Å². The van der Waals surface area contributed by atoms with Crippen molar-refractivity contribution in [3.8, 4) is 0 Å². The largest absolute Gasteiger partial charge is 0.392 e. The molecule has 0 radical (unpaired) electrons. The molecule has 5 N–H and O–H groups in total. The van der Waals surface area contributed by atoms with Crippen molar-refractivity contribution in [3.05, 3.63) is 72.9 Å². The van der Waals surface area contributed by atoms with Gasteiger partial charge in [-0.2, -0.15) is 0 Å². The first kappa shape index (κ1) is 47.4. The zero-order chi connectivity index (χ0) is 39.3. The molecule has 0 bridgehead atoms. The van der Waals surface area contributed by atoms with E-state index < -0.39 is 71.2 Å². The SMILES string of the molecule is CCC=CCC=CCC=CCC=CCC=CCC=CCCC(=O)N1C(=O)[C@H](C)C[C@@](C)(O)[C@H](O)[C@@H](C)[C@@H](O)[C@H](C)CO[C@H](CC)[C@@](C)(O)[C@H](O)[C@H]1C. The summed E-state index contributed by atoms with van der Waals surface area (Å²) in [5.41, 5.74) is -3.62. The lowest BCUT2D eigenvalue weighted by Crippen LogP contribution is -2.61. The minimum absolute atomic E-state index is 0.00665. The molecule has 2 amide bonds. The fraction of sp³-hybridized carbons (Fsp3) is 0.674. The number of hydrogen-bond donors (Lipinski definition) is 5. The number of ether oxygens (including phenoxy) is 1. The molecule has 9 heteroatoms. The monoisotopic (exact) mass is 730 g/mol. The number of rotatable bonds is 15. The van der Waals surface area contributed by atoms with Crippen LogP contribution in [0.15, 0.2) is 72.9 Å². The Morgan fingerprint density at radius 2 is 1.23 bits per heavy atom. The van der Waals surface area contributed by atoms with Gasteiger partial charge < -0.3 is 30.3 Å². The van der Waals surface area contributed by atoms with Crippen LogP contribution in [-0.4, -0.2) is 90.5 Å². The molecule has 1 rings (SSSR count). The third kappa shape index (κ3) is 15.7. The quantitative estimate of drug-likeness (QED) is 0.114. The van der Waals surface area contributed by atoms with Gasteiger partial charge in [0, 0.05) is 24.2 Å². The molecule has 0 saturated carbocycles. The second kappa shape index (κ2) is 24.6. The van der Waals surface area contributed by atoms with E-state index in [1.807, 2.05) is 12.2 Å². The average Bonchev–Trinajstić information content (AvgIpc) is 3.10. The predicted octanol–water partition coefficient (Wildman–Crippen LogP) is 6.90. The summed E-state index contributed by atoms with van der Waals surface area (Å²) in [5.74, 6) is -3.33. The second-order valence-electron chi connectivity index (χ2n) is 14.9. The van der Waals surface area contributed by atoms with E-state index in [9.17, 15) is 35.1 Å². The van der Waals surface area contributed by atoms with Gasteiger partial charge in [0.1, 0.15) is 11.7 Å². The van der Waals surface area contributed by atoms with Gasteiger partial charge in [0.05, 0.1) is 36.6 Å². The van der Waals surface area contributed by atoms with Crippen LogP contribution in [0.4, 0.5) is 0 Å². The van der Waals surface area contributed by atoms with Crippen LogP contribution in [0, 0.1) is 17.8 Å². The van der Waals surface area contributed by atoms with Gasteiger partial charge >= 0.3 is 0 Å². The summed E-state index contributed by atoms with van der Waals surface area (Å²) in [6, 6.07) is -1.12. The molecule has 1 saturated heterocycles. The topological polar surface area (TPSA) is 148 Å². The highest BCUT2D eigenvalue weighted by molar-refractivity contribution is 5.96. The molecule has 296 valence electrons. The Kier molecular flexibility index (Phi) is 22.4. The van der Waals surface area contributed by atoms with E-state index >= 15 is 0 Å². The lowest BCUT2D eigenvalue weighted by Gasteiger charge is -2.42. The normalized spacial score (nSPS) is 33.7. The molecule has 0 unspecified atom stereocenters. The van der Waals surface area contributed by atoms with Crippen LogP contribution in [0.5, 0.6) is 0 Å². The highest BCUT2D eigenvalue weighted by Crippen LogP contribution is 2.33. The minimum atomic E-state index is -1.85. The van der Waals surface area contributed by atoms with Crippen molar-refractivity contribution in [3.63, 3.8) is 0 Å². The first-order valence-electron chi connectivity index (χ1n) is 19.4. The number of carbonyl (C=O) groups is 2. The van der Waals surface area contributed by atoms with E-state index in [2.05, 4.69) is 67.7 Å². The lowest BCUT2D eigenvalue weighted by molar-refractivity contribution is -0.185. The summed E-state index contributed by atoms with van der Waals surface area (Å²) in [4.78, 5) is 28.6. The van der Waals surface area contributed by atoms with Gasteiger partial charge in [-0.05, 0) is 78.6 Å². The Hall–Kier alpha value is -2.66. The molecule has 0 aromatic rings. The van der Waals surface area contributed by atoms with Gasteiger partial charge in [0.15, 0.2) is 0 Å². The maximum Gasteiger partial charge on any atom is 0.232 e. The number of nitrogens with zero attached hydrogens (tertiary/aromatic N) is 1. The zero-order valence-corrected chi connectivity index (χ0v) is 33.2. The van der Waals surface area contributed by atoms with Crippen molar-refractivity contribution in [2.45, 2.75) is 161 Å². The van der Waals surface area contributed by atoms with E-state index in [1.54, 1.807) is 27.7 Å². The molecule has 10 atom stereocenters. The van der Waals surface area contributed by atoms with Crippen LogP contribution < -0.4 is 0 Å².